The fraction of sp³-hybridized carbons (Fsp3) is 0.188. The van der Waals surface area contributed by atoms with Gasteiger partial charge in [0, 0.05) is 31.2 Å². The second-order valence-corrected chi connectivity index (χ2v) is 5.35. The van der Waals surface area contributed by atoms with Crippen molar-refractivity contribution in [3.05, 3.63) is 53.9 Å². The van der Waals surface area contributed by atoms with E-state index in [0.717, 1.165) is 11.4 Å². The van der Waals surface area contributed by atoms with Crippen LogP contribution >= 0.6 is 0 Å². The van der Waals surface area contributed by atoms with Crippen LogP contribution in [-0.4, -0.2) is 30.6 Å². The van der Waals surface area contributed by atoms with E-state index in [-0.39, 0.29) is 11.6 Å². The van der Waals surface area contributed by atoms with Crippen molar-refractivity contribution in [2.24, 2.45) is 7.05 Å². The topological polar surface area (TPSA) is 97.6 Å². The number of pyridine rings is 1. The van der Waals surface area contributed by atoms with Gasteiger partial charge in [0.25, 0.3) is 5.91 Å². The van der Waals surface area contributed by atoms with Crippen molar-refractivity contribution in [3.63, 3.8) is 0 Å². The molecule has 0 fully saturated rings. The summed E-state index contributed by atoms with van der Waals surface area (Å²) in [5.41, 5.74) is 2.33. The number of hydrogen-bond acceptors (Lipinski definition) is 6. The SMILES string of the molecule is Cc1cncc(Nc2ccc(C)nc2C(=O)Nc2ccn(C)n2)n1. The third-order valence-electron chi connectivity index (χ3n) is 3.22. The summed E-state index contributed by atoms with van der Waals surface area (Å²) in [6, 6.07) is 5.33. The van der Waals surface area contributed by atoms with Gasteiger partial charge in [0.15, 0.2) is 11.5 Å². The maximum absolute atomic E-state index is 12.6. The van der Waals surface area contributed by atoms with Crippen molar-refractivity contribution < 1.29 is 4.79 Å². The van der Waals surface area contributed by atoms with Crippen LogP contribution in [0.1, 0.15) is 21.9 Å². The quantitative estimate of drug-likeness (QED) is 0.764. The summed E-state index contributed by atoms with van der Waals surface area (Å²) in [4.78, 5) is 25.3. The number of anilines is 3. The van der Waals surface area contributed by atoms with Gasteiger partial charge in [-0.05, 0) is 26.0 Å². The van der Waals surface area contributed by atoms with E-state index in [4.69, 9.17) is 0 Å². The molecule has 0 unspecified atom stereocenters. The van der Waals surface area contributed by atoms with Crippen molar-refractivity contribution >= 4 is 23.2 Å². The highest BCUT2D eigenvalue weighted by atomic mass is 16.2. The van der Waals surface area contributed by atoms with Crippen molar-refractivity contribution in [1.29, 1.82) is 0 Å². The summed E-state index contributed by atoms with van der Waals surface area (Å²) in [5.74, 6) is 0.667. The molecule has 0 radical (unpaired) electrons. The van der Waals surface area contributed by atoms with E-state index in [1.807, 2.05) is 19.9 Å². The highest BCUT2D eigenvalue weighted by Gasteiger charge is 2.15. The van der Waals surface area contributed by atoms with Crippen LogP contribution in [0.25, 0.3) is 0 Å². The lowest BCUT2D eigenvalue weighted by Gasteiger charge is -2.11. The molecule has 0 atom stereocenters. The lowest BCUT2D eigenvalue weighted by molar-refractivity contribution is 0.102. The van der Waals surface area contributed by atoms with Gasteiger partial charge in [0.2, 0.25) is 0 Å². The summed E-state index contributed by atoms with van der Waals surface area (Å²) in [6.45, 7) is 3.67. The zero-order valence-electron chi connectivity index (χ0n) is 13.6. The molecule has 3 heterocycles. The molecule has 3 aromatic heterocycles. The van der Waals surface area contributed by atoms with E-state index < -0.39 is 0 Å². The number of aryl methyl sites for hydroxylation is 3. The molecule has 3 aromatic rings. The molecule has 122 valence electrons. The van der Waals surface area contributed by atoms with E-state index in [1.165, 1.54) is 0 Å². The molecule has 0 aliphatic carbocycles. The normalized spacial score (nSPS) is 10.5. The maximum atomic E-state index is 12.6. The first-order valence-electron chi connectivity index (χ1n) is 7.35. The van der Waals surface area contributed by atoms with Crippen LogP contribution in [0.4, 0.5) is 17.3 Å². The Morgan fingerprint density at radius 3 is 2.58 bits per heavy atom. The summed E-state index contributed by atoms with van der Waals surface area (Å²) < 4.78 is 1.61. The number of rotatable bonds is 4. The first-order valence-corrected chi connectivity index (χ1v) is 7.35. The molecule has 0 saturated heterocycles. The van der Waals surface area contributed by atoms with Crippen molar-refractivity contribution in [2.75, 3.05) is 10.6 Å². The summed E-state index contributed by atoms with van der Waals surface area (Å²) in [7, 11) is 1.78. The number of nitrogens with zero attached hydrogens (tertiary/aromatic N) is 5. The zero-order valence-corrected chi connectivity index (χ0v) is 13.6. The van der Waals surface area contributed by atoms with Crippen LogP contribution in [0.2, 0.25) is 0 Å². The molecule has 0 spiro atoms. The molecular weight excluding hydrogens is 306 g/mol. The molecule has 0 aromatic carbocycles. The molecule has 3 rings (SSSR count). The minimum atomic E-state index is -0.347. The molecule has 8 heteroatoms. The molecule has 2 N–H and O–H groups in total. The Labute approximate surface area is 139 Å². The van der Waals surface area contributed by atoms with Gasteiger partial charge in [-0.25, -0.2) is 9.97 Å². The zero-order chi connectivity index (χ0) is 17.1. The van der Waals surface area contributed by atoms with E-state index >= 15 is 0 Å². The van der Waals surface area contributed by atoms with E-state index in [2.05, 4.69) is 30.7 Å². The summed E-state index contributed by atoms with van der Waals surface area (Å²) in [6.07, 6.45) is 5.00. The lowest BCUT2D eigenvalue weighted by atomic mass is 10.2. The lowest BCUT2D eigenvalue weighted by Crippen LogP contribution is -2.17. The second-order valence-electron chi connectivity index (χ2n) is 5.35. The second kappa shape index (κ2) is 6.45. The molecule has 1 amide bonds. The number of hydrogen-bond donors (Lipinski definition) is 2. The Bertz CT molecular complexity index is 888. The average molecular weight is 323 g/mol. The van der Waals surface area contributed by atoms with E-state index in [9.17, 15) is 4.79 Å². The van der Waals surface area contributed by atoms with Gasteiger partial charge in [0.1, 0.15) is 5.82 Å². The molecular formula is C16H17N7O. The van der Waals surface area contributed by atoms with Gasteiger partial charge >= 0.3 is 0 Å². The van der Waals surface area contributed by atoms with Gasteiger partial charge in [-0.2, -0.15) is 5.10 Å². The maximum Gasteiger partial charge on any atom is 0.277 e. The fourth-order valence-corrected chi connectivity index (χ4v) is 2.15. The van der Waals surface area contributed by atoms with Gasteiger partial charge in [-0.1, -0.05) is 0 Å². The third kappa shape index (κ3) is 3.54. The van der Waals surface area contributed by atoms with E-state index in [1.54, 1.807) is 42.5 Å². The van der Waals surface area contributed by atoms with Gasteiger partial charge in [-0.3, -0.25) is 14.5 Å². The Balaban J connectivity index is 1.88. The monoisotopic (exact) mass is 323 g/mol. The summed E-state index contributed by atoms with van der Waals surface area (Å²) >= 11 is 0. The van der Waals surface area contributed by atoms with Crippen LogP contribution < -0.4 is 10.6 Å². The van der Waals surface area contributed by atoms with Crippen molar-refractivity contribution in [3.8, 4) is 0 Å². The first kappa shape index (κ1) is 15.6. The van der Waals surface area contributed by atoms with Crippen molar-refractivity contribution in [2.45, 2.75) is 13.8 Å². The number of carbonyl (C=O) groups is 1. The van der Waals surface area contributed by atoms with Crippen LogP contribution in [0.15, 0.2) is 36.8 Å². The number of nitrogens with one attached hydrogen (secondary N) is 2. The molecule has 0 saturated carbocycles. The predicted octanol–water partition coefficient (Wildman–Crippen LogP) is 2.22. The van der Waals surface area contributed by atoms with Crippen LogP contribution in [0.5, 0.6) is 0 Å². The molecule has 24 heavy (non-hydrogen) atoms. The van der Waals surface area contributed by atoms with Gasteiger partial charge in [0.05, 0.1) is 17.6 Å². The Hall–Kier alpha value is -3.29. The smallest absolute Gasteiger partial charge is 0.277 e. The van der Waals surface area contributed by atoms with E-state index in [0.29, 0.717) is 17.3 Å². The highest BCUT2D eigenvalue weighted by Crippen LogP contribution is 2.19. The van der Waals surface area contributed by atoms with Gasteiger partial charge in [-0.15, -0.1) is 0 Å². The largest absolute Gasteiger partial charge is 0.337 e. The number of amides is 1. The highest BCUT2D eigenvalue weighted by molar-refractivity contribution is 6.06. The Morgan fingerprint density at radius 1 is 1.04 bits per heavy atom. The average Bonchev–Trinajstić information content (AvgIpc) is 2.94. The van der Waals surface area contributed by atoms with Crippen LogP contribution in [0.3, 0.4) is 0 Å². The molecule has 0 aliphatic heterocycles. The third-order valence-corrected chi connectivity index (χ3v) is 3.22. The van der Waals surface area contributed by atoms with Crippen LogP contribution in [-0.2, 0) is 7.05 Å². The minimum Gasteiger partial charge on any atom is -0.337 e. The minimum absolute atomic E-state index is 0.268. The first-order chi connectivity index (χ1) is 11.5. The fourth-order valence-electron chi connectivity index (χ4n) is 2.15. The predicted molar refractivity (Wildman–Crippen MR) is 90.2 cm³/mol. The Morgan fingerprint density at radius 2 is 1.88 bits per heavy atom. The Kier molecular flexibility index (Phi) is 4.19. The van der Waals surface area contributed by atoms with Crippen molar-refractivity contribution in [1.82, 2.24) is 24.7 Å². The number of aromatic nitrogens is 5. The van der Waals surface area contributed by atoms with Gasteiger partial charge < -0.3 is 10.6 Å². The molecule has 8 nitrogen and oxygen atoms in total. The molecule has 0 bridgehead atoms. The number of carbonyl (C=O) groups excluding carboxylic acids is 1. The molecule has 0 aliphatic rings. The van der Waals surface area contributed by atoms with Crippen LogP contribution in [0, 0.1) is 13.8 Å². The standard InChI is InChI=1S/C16H17N7O/c1-10-4-5-12(20-14-9-17-8-11(2)18-14)15(19-10)16(24)21-13-6-7-23(3)22-13/h4-9H,1-3H3,(H,18,20)(H,21,22,24). The summed E-state index contributed by atoms with van der Waals surface area (Å²) in [5, 5.41) is 9.96.